The van der Waals surface area contributed by atoms with Gasteiger partial charge in [-0.1, -0.05) is 34.1 Å². The monoisotopic (exact) mass is 404 g/mol. The molecule has 2 atom stereocenters. The van der Waals surface area contributed by atoms with E-state index in [1.165, 1.54) is 6.07 Å². The summed E-state index contributed by atoms with van der Waals surface area (Å²) in [5.74, 6) is -1.15. The Morgan fingerprint density at radius 1 is 1.24 bits per heavy atom. The lowest BCUT2D eigenvalue weighted by atomic mass is 10.1. The minimum atomic E-state index is -0.290. The van der Waals surface area contributed by atoms with Crippen molar-refractivity contribution >= 4 is 33.4 Å². The molecule has 1 aliphatic rings. The highest BCUT2D eigenvalue weighted by Gasteiger charge is 2.45. The second kappa shape index (κ2) is 7.35. The molecule has 0 aliphatic heterocycles. The van der Waals surface area contributed by atoms with Gasteiger partial charge >= 0.3 is 0 Å². The van der Waals surface area contributed by atoms with Gasteiger partial charge in [-0.05, 0) is 54.7 Å². The number of rotatable bonds is 5. The standard InChI is InChI=1S/C19H18BrFN2O2/c1-11-8-12(20)6-7-17(11)23-18(24)10-22-19(25)15-9-14(15)13-4-2-3-5-16(13)21/h2-8,14-15H,9-10H2,1H3,(H,22,25)(H,23,24). The van der Waals surface area contributed by atoms with E-state index in [0.717, 1.165) is 10.0 Å². The molecule has 0 bridgehead atoms. The van der Waals surface area contributed by atoms with Gasteiger partial charge in [-0.3, -0.25) is 9.59 Å². The van der Waals surface area contributed by atoms with Gasteiger partial charge in [0.2, 0.25) is 11.8 Å². The molecule has 2 N–H and O–H groups in total. The quantitative estimate of drug-likeness (QED) is 0.796. The molecule has 1 fully saturated rings. The summed E-state index contributed by atoms with van der Waals surface area (Å²) in [6, 6.07) is 12.0. The van der Waals surface area contributed by atoms with Crippen molar-refractivity contribution < 1.29 is 14.0 Å². The predicted molar refractivity (Wildman–Crippen MR) is 97.8 cm³/mol. The van der Waals surface area contributed by atoms with Gasteiger partial charge in [-0.25, -0.2) is 4.39 Å². The summed E-state index contributed by atoms with van der Waals surface area (Å²) < 4.78 is 14.7. The molecule has 0 heterocycles. The number of carbonyl (C=O) groups is 2. The Morgan fingerprint density at radius 2 is 2.00 bits per heavy atom. The van der Waals surface area contributed by atoms with Crippen LogP contribution in [0, 0.1) is 18.7 Å². The largest absolute Gasteiger partial charge is 0.347 e. The smallest absolute Gasteiger partial charge is 0.243 e. The molecule has 0 spiro atoms. The number of aryl methyl sites for hydroxylation is 1. The van der Waals surface area contributed by atoms with E-state index in [9.17, 15) is 14.0 Å². The van der Waals surface area contributed by atoms with Crippen LogP contribution >= 0.6 is 15.9 Å². The topological polar surface area (TPSA) is 58.2 Å². The first-order valence-corrected chi connectivity index (χ1v) is 8.83. The molecule has 0 radical (unpaired) electrons. The first-order chi connectivity index (χ1) is 12.0. The minimum absolute atomic E-state index is 0.0991. The summed E-state index contributed by atoms with van der Waals surface area (Å²) in [6.45, 7) is 1.79. The van der Waals surface area contributed by atoms with E-state index in [0.29, 0.717) is 17.7 Å². The number of carbonyl (C=O) groups excluding carboxylic acids is 2. The lowest BCUT2D eigenvalue weighted by Crippen LogP contribution is -2.34. The Kier molecular flexibility index (Phi) is 5.18. The first-order valence-electron chi connectivity index (χ1n) is 8.04. The van der Waals surface area contributed by atoms with E-state index in [4.69, 9.17) is 0 Å². The van der Waals surface area contributed by atoms with Crippen molar-refractivity contribution in [2.45, 2.75) is 19.3 Å². The van der Waals surface area contributed by atoms with Crippen LogP contribution in [0.3, 0.4) is 0 Å². The van der Waals surface area contributed by atoms with Crippen LogP contribution in [0.1, 0.15) is 23.5 Å². The molecule has 4 nitrogen and oxygen atoms in total. The fraction of sp³-hybridized carbons (Fsp3) is 0.263. The number of amides is 2. The summed E-state index contributed by atoms with van der Waals surface area (Å²) >= 11 is 3.37. The van der Waals surface area contributed by atoms with Crippen LogP contribution in [0.15, 0.2) is 46.9 Å². The molecule has 2 aromatic rings. The zero-order valence-electron chi connectivity index (χ0n) is 13.7. The average molecular weight is 405 g/mol. The molecule has 2 amide bonds. The molecular formula is C19H18BrFN2O2. The number of halogens is 2. The highest BCUT2D eigenvalue weighted by molar-refractivity contribution is 9.10. The van der Waals surface area contributed by atoms with Gasteiger partial charge < -0.3 is 10.6 Å². The molecule has 1 aliphatic carbocycles. The summed E-state index contributed by atoms with van der Waals surface area (Å²) in [6.07, 6.45) is 0.611. The van der Waals surface area contributed by atoms with Crippen LogP contribution in [-0.2, 0) is 9.59 Å². The number of benzene rings is 2. The van der Waals surface area contributed by atoms with Crippen LogP contribution in [0.4, 0.5) is 10.1 Å². The third-order valence-corrected chi connectivity index (χ3v) is 4.81. The predicted octanol–water partition coefficient (Wildman–Crippen LogP) is 3.76. The maximum Gasteiger partial charge on any atom is 0.243 e. The second-order valence-electron chi connectivity index (χ2n) is 6.20. The number of hydrogen-bond acceptors (Lipinski definition) is 2. The minimum Gasteiger partial charge on any atom is -0.347 e. The van der Waals surface area contributed by atoms with Gasteiger partial charge in [-0.2, -0.15) is 0 Å². The van der Waals surface area contributed by atoms with Crippen molar-refractivity contribution in [2.24, 2.45) is 5.92 Å². The summed E-state index contributed by atoms with van der Waals surface area (Å²) in [7, 11) is 0. The zero-order valence-corrected chi connectivity index (χ0v) is 15.3. The molecule has 1 saturated carbocycles. The third kappa shape index (κ3) is 4.25. The van der Waals surface area contributed by atoms with Gasteiger partial charge in [0.1, 0.15) is 5.82 Å². The Morgan fingerprint density at radius 3 is 2.72 bits per heavy atom. The molecule has 130 valence electrons. The highest BCUT2D eigenvalue weighted by atomic mass is 79.9. The van der Waals surface area contributed by atoms with E-state index in [1.807, 2.05) is 19.1 Å². The van der Waals surface area contributed by atoms with E-state index >= 15 is 0 Å². The van der Waals surface area contributed by atoms with Gasteiger partial charge in [-0.15, -0.1) is 0 Å². The van der Waals surface area contributed by atoms with Crippen molar-refractivity contribution in [1.82, 2.24) is 5.32 Å². The maximum absolute atomic E-state index is 13.7. The summed E-state index contributed by atoms with van der Waals surface area (Å²) in [4.78, 5) is 24.2. The van der Waals surface area contributed by atoms with E-state index in [-0.39, 0.29) is 36.0 Å². The van der Waals surface area contributed by atoms with Crippen LogP contribution in [-0.4, -0.2) is 18.4 Å². The Hall–Kier alpha value is -2.21. The lowest BCUT2D eigenvalue weighted by molar-refractivity contribution is -0.125. The lowest BCUT2D eigenvalue weighted by Gasteiger charge is -2.10. The van der Waals surface area contributed by atoms with Crippen molar-refractivity contribution in [1.29, 1.82) is 0 Å². The second-order valence-corrected chi connectivity index (χ2v) is 7.11. The maximum atomic E-state index is 13.7. The molecule has 2 aromatic carbocycles. The Bertz CT molecular complexity index is 825. The number of anilines is 1. The zero-order chi connectivity index (χ0) is 18.0. The summed E-state index contributed by atoms with van der Waals surface area (Å²) in [5, 5.41) is 5.40. The molecule has 0 aromatic heterocycles. The third-order valence-electron chi connectivity index (χ3n) is 4.32. The van der Waals surface area contributed by atoms with Crippen LogP contribution in [0.25, 0.3) is 0 Å². The van der Waals surface area contributed by atoms with Crippen LogP contribution < -0.4 is 10.6 Å². The first kappa shape index (κ1) is 17.6. The Balaban J connectivity index is 1.50. The fourth-order valence-corrected chi connectivity index (χ4v) is 3.34. The molecule has 25 heavy (non-hydrogen) atoms. The van der Waals surface area contributed by atoms with Gasteiger partial charge in [0.05, 0.1) is 6.54 Å². The van der Waals surface area contributed by atoms with Gasteiger partial charge in [0.15, 0.2) is 0 Å². The molecule has 2 unspecified atom stereocenters. The van der Waals surface area contributed by atoms with Gasteiger partial charge in [0, 0.05) is 16.1 Å². The van der Waals surface area contributed by atoms with E-state index in [2.05, 4.69) is 26.6 Å². The van der Waals surface area contributed by atoms with E-state index < -0.39 is 0 Å². The normalized spacial score (nSPS) is 18.5. The molecule has 6 heteroatoms. The highest BCUT2D eigenvalue weighted by Crippen LogP contribution is 2.48. The van der Waals surface area contributed by atoms with Crippen molar-refractivity contribution in [3.05, 3.63) is 63.9 Å². The number of nitrogens with one attached hydrogen (secondary N) is 2. The SMILES string of the molecule is Cc1cc(Br)ccc1NC(=O)CNC(=O)C1CC1c1ccccc1F. The Labute approximate surface area is 153 Å². The number of hydrogen-bond donors (Lipinski definition) is 2. The van der Waals surface area contributed by atoms with Crippen molar-refractivity contribution in [2.75, 3.05) is 11.9 Å². The fourth-order valence-electron chi connectivity index (χ4n) is 2.86. The summed E-state index contributed by atoms with van der Waals surface area (Å²) in [5.41, 5.74) is 2.20. The average Bonchev–Trinajstić information content (AvgIpc) is 3.36. The molecule has 3 rings (SSSR count). The van der Waals surface area contributed by atoms with Crippen molar-refractivity contribution in [3.8, 4) is 0 Å². The van der Waals surface area contributed by atoms with Gasteiger partial charge in [0.25, 0.3) is 0 Å². The molecule has 0 saturated heterocycles. The van der Waals surface area contributed by atoms with Crippen LogP contribution in [0.2, 0.25) is 0 Å². The molecular weight excluding hydrogens is 387 g/mol. The van der Waals surface area contributed by atoms with Crippen LogP contribution in [0.5, 0.6) is 0 Å². The van der Waals surface area contributed by atoms with Crippen molar-refractivity contribution in [3.63, 3.8) is 0 Å². The van der Waals surface area contributed by atoms with E-state index in [1.54, 1.807) is 24.3 Å².